The fourth-order valence-electron chi connectivity index (χ4n) is 4.69. The first-order valence-electron chi connectivity index (χ1n) is 10.8. The Kier molecular flexibility index (Phi) is 5.68. The number of amides is 2. The number of sulfonamides is 1. The van der Waals surface area contributed by atoms with Gasteiger partial charge in [0.05, 0.1) is 10.0 Å². The molecule has 0 bridgehead atoms. The Morgan fingerprint density at radius 1 is 1.18 bits per heavy atom. The summed E-state index contributed by atoms with van der Waals surface area (Å²) in [6.45, 7) is 2.75. The van der Waals surface area contributed by atoms with Gasteiger partial charge in [0, 0.05) is 35.1 Å². The third-order valence-electron chi connectivity index (χ3n) is 6.23. The van der Waals surface area contributed by atoms with Gasteiger partial charge in [-0.1, -0.05) is 30.2 Å². The van der Waals surface area contributed by atoms with Gasteiger partial charge in [0.25, 0.3) is 15.9 Å². The lowest BCUT2D eigenvalue weighted by molar-refractivity contribution is -0.120. The van der Waals surface area contributed by atoms with E-state index in [4.69, 9.17) is 11.6 Å². The van der Waals surface area contributed by atoms with Gasteiger partial charge in [-0.15, -0.1) is 11.3 Å². The molecule has 3 heterocycles. The average molecular weight is 504 g/mol. The summed E-state index contributed by atoms with van der Waals surface area (Å²) in [5, 5.41) is 4.52. The molecule has 1 atom stereocenters. The number of hydrogen-bond donors (Lipinski definition) is 1. The highest BCUT2D eigenvalue weighted by Crippen LogP contribution is 2.41. The predicted molar refractivity (Wildman–Crippen MR) is 131 cm³/mol. The van der Waals surface area contributed by atoms with Gasteiger partial charge in [-0.05, 0) is 50.1 Å². The van der Waals surface area contributed by atoms with E-state index in [2.05, 4.69) is 5.32 Å². The number of benzene rings is 2. The van der Waals surface area contributed by atoms with Crippen molar-refractivity contribution in [1.82, 2.24) is 4.31 Å². The van der Waals surface area contributed by atoms with Crippen molar-refractivity contribution in [3.05, 3.63) is 52.4 Å². The summed E-state index contributed by atoms with van der Waals surface area (Å²) >= 11 is 6.95. The Hall–Kier alpha value is -2.46. The number of anilines is 2. The summed E-state index contributed by atoms with van der Waals surface area (Å²) in [4.78, 5) is 27.8. The monoisotopic (exact) mass is 503 g/mol. The lowest BCUT2D eigenvalue weighted by atomic mass is 10.0. The molecule has 1 unspecified atom stereocenters. The molecule has 0 radical (unpaired) electrons. The van der Waals surface area contributed by atoms with Crippen molar-refractivity contribution < 1.29 is 18.0 Å². The first-order valence-corrected chi connectivity index (χ1v) is 13.4. The van der Waals surface area contributed by atoms with E-state index in [9.17, 15) is 18.0 Å². The van der Waals surface area contributed by atoms with Gasteiger partial charge in [-0.3, -0.25) is 9.59 Å². The van der Waals surface area contributed by atoms with Gasteiger partial charge >= 0.3 is 0 Å². The van der Waals surface area contributed by atoms with E-state index in [1.54, 1.807) is 29.2 Å². The molecule has 0 aliphatic carbocycles. The Morgan fingerprint density at radius 3 is 2.73 bits per heavy atom. The normalized spacial score (nSPS) is 18.8. The second kappa shape index (κ2) is 8.39. The minimum atomic E-state index is -3.84. The van der Waals surface area contributed by atoms with Gasteiger partial charge in [-0.25, -0.2) is 8.42 Å². The van der Waals surface area contributed by atoms with Gasteiger partial charge in [0.2, 0.25) is 5.91 Å². The van der Waals surface area contributed by atoms with Crippen molar-refractivity contribution in [1.29, 1.82) is 0 Å². The van der Waals surface area contributed by atoms with Crippen LogP contribution in [0.1, 0.15) is 36.5 Å². The quantitative estimate of drug-likeness (QED) is 0.546. The summed E-state index contributed by atoms with van der Waals surface area (Å²) in [6.07, 6.45) is 1.89. The molecule has 2 amide bonds. The molecule has 10 heteroatoms. The van der Waals surface area contributed by atoms with Crippen LogP contribution in [-0.2, 0) is 14.8 Å². The summed E-state index contributed by atoms with van der Waals surface area (Å²) in [5.74, 6) is -0.431. The third kappa shape index (κ3) is 3.63. The predicted octanol–water partition coefficient (Wildman–Crippen LogP) is 4.72. The van der Waals surface area contributed by atoms with Gasteiger partial charge in [0.15, 0.2) is 0 Å². The van der Waals surface area contributed by atoms with Crippen LogP contribution in [0.3, 0.4) is 0 Å². The number of hydrogen-bond acceptors (Lipinski definition) is 5. The SMILES string of the molecule is CCN1C(=O)c2cccc3c(NC(=O)C4CCCCN4S(=O)(=O)c4ccc(Cl)s4)ccc1c23. The lowest BCUT2D eigenvalue weighted by Gasteiger charge is -2.33. The maximum Gasteiger partial charge on any atom is 0.258 e. The van der Waals surface area contributed by atoms with Gasteiger partial charge < -0.3 is 10.2 Å². The Balaban J connectivity index is 1.48. The zero-order chi connectivity index (χ0) is 23.3. The van der Waals surface area contributed by atoms with E-state index in [-0.39, 0.29) is 22.6 Å². The van der Waals surface area contributed by atoms with E-state index >= 15 is 0 Å². The molecule has 2 aliphatic heterocycles. The fourth-order valence-corrected chi connectivity index (χ4v) is 7.96. The summed E-state index contributed by atoms with van der Waals surface area (Å²) in [6, 6.07) is 11.3. The van der Waals surface area contributed by atoms with Crippen LogP contribution in [-0.4, -0.2) is 43.7 Å². The fraction of sp³-hybridized carbons (Fsp3) is 0.304. The molecule has 172 valence electrons. The molecule has 3 aromatic rings. The minimum absolute atomic E-state index is 0.0549. The standard InChI is InChI=1S/C23H22ClN3O4S2/c1-2-26-17-10-9-16(14-6-5-7-15(21(14)17)23(26)29)25-22(28)18-8-3-4-13-27(18)33(30,31)20-12-11-19(24)32-20/h5-7,9-12,18H,2-4,8,13H2,1H3,(H,25,28). The van der Waals surface area contributed by atoms with Crippen molar-refractivity contribution in [3.63, 3.8) is 0 Å². The molecular formula is C23H22ClN3O4S2. The van der Waals surface area contributed by atoms with Crippen LogP contribution in [0.2, 0.25) is 4.34 Å². The molecule has 7 nitrogen and oxygen atoms in total. The molecule has 33 heavy (non-hydrogen) atoms. The summed E-state index contributed by atoms with van der Waals surface area (Å²) < 4.78 is 28.3. The highest BCUT2D eigenvalue weighted by molar-refractivity contribution is 7.91. The third-order valence-corrected chi connectivity index (χ3v) is 9.83. The number of thiophene rings is 1. The molecule has 1 N–H and O–H groups in total. The number of nitrogens with one attached hydrogen (secondary N) is 1. The first-order chi connectivity index (χ1) is 15.8. The minimum Gasteiger partial charge on any atom is -0.324 e. The second-order valence-corrected chi connectivity index (χ2v) is 11.9. The van der Waals surface area contributed by atoms with Crippen LogP contribution in [0.5, 0.6) is 0 Å². The Bertz CT molecular complexity index is 1390. The smallest absolute Gasteiger partial charge is 0.258 e. The Labute approximate surface area is 201 Å². The second-order valence-electron chi connectivity index (χ2n) is 8.08. The molecule has 2 aromatic carbocycles. The van der Waals surface area contributed by atoms with Crippen molar-refractivity contribution >= 4 is 66.9 Å². The van der Waals surface area contributed by atoms with Crippen LogP contribution >= 0.6 is 22.9 Å². The van der Waals surface area contributed by atoms with Gasteiger partial charge in [-0.2, -0.15) is 4.31 Å². The maximum atomic E-state index is 13.4. The maximum absolute atomic E-state index is 13.4. The zero-order valence-electron chi connectivity index (χ0n) is 17.9. The van der Waals surface area contributed by atoms with Crippen LogP contribution in [0.15, 0.2) is 46.7 Å². The molecule has 1 fully saturated rings. The van der Waals surface area contributed by atoms with Crippen molar-refractivity contribution in [2.75, 3.05) is 23.3 Å². The van der Waals surface area contributed by atoms with E-state index in [0.29, 0.717) is 35.0 Å². The summed E-state index contributed by atoms with van der Waals surface area (Å²) in [7, 11) is -3.84. The molecular weight excluding hydrogens is 482 g/mol. The average Bonchev–Trinajstić information content (AvgIpc) is 3.38. The lowest BCUT2D eigenvalue weighted by Crippen LogP contribution is -2.49. The van der Waals surface area contributed by atoms with E-state index in [0.717, 1.165) is 34.2 Å². The number of carbonyl (C=O) groups is 2. The number of carbonyl (C=O) groups excluding carboxylic acids is 2. The Morgan fingerprint density at radius 2 is 2.00 bits per heavy atom. The molecule has 1 saturated heterocycles. The van der Waals surface area contributed by atoms with Crippen LogP contribution in [0.4, 0.5) is 11.4 Å². The molecule has 0 spiro atoms. The van der Waals surface area contributed by atoms with E-state index in [1.165, 1.54) is 10.4 Å². The zero-order valence-corrected chi connectivity index (χ0v) is 20.3. The van der Waals surface area contributed by atoms with Gasteiger partial charge in [0.1, 0.15) is 10.3 Å². The largest absolute Gasteiger partial charge is 0.324 e. The van der Waals surface area contributed by atoms with E-state index in [1.807, 2.05) is 19.1 Å². The van der Waals surface area contributed by atoms with Crippen LogP contribution in [0, 0.1) is 0 Å². The van der Waals surface area contributed by atoms with Crippen molar-refractivity contribution in [2.24, 2.45) is 0 Å². The van der Waals surface area contributed by atoms with Crippen molar-refractivity contribution in [2.45, 2.75) is 36.4 Å². The first kappa shape index (κ1) is 22.3. The van der Waals surface area contributed by atoms with Crippen LogP contribution in [0.25, 0.3) is 10.8 Å². The molecule has 0 saturated carbocycles. The van der Waals surface area contributed by atoms with E-state index < -0.39 is 16.1 Å². The van der Waals surface area contributed by atoms with Crippen molar-refractivity contribution in [3.8, 4) is 0 Å². The topological polar surface area (TPSA) is 86.8 Å². The number of piperidine rings is 1. The number of rotatable bonds is 5. The van der Waals surface area contributed by atoms with Crippen LogP contribution < -0.4 is 10.2 Å². The highest BCUT2D eigenvalue weighted by atomic mass is 35.5. The number of nitrogens with zero attached hydrogens (tertiary/aromatic N) is 2. The highest BCUT2D eigenvalue weighted by Gasteiger charge is 2.39. The molecule has 5 rings (SSSR count). The molecule has 2 aliphatic rings. The number of halogens is 1. The molecule has 1 aromatic heterocycles. The summed E-state index contributed by atoms with van der Waals surface area (Å²) in [5.41, 5.74) is 1.99.